The van der Waals surface area contributed by atoms with E-state index in [2.05, 4.69) is 20.8 Å². The van der Waals surface area contributed by atoms with Crippen molar-refractivity contribution < 1.29 is 8.78 Å². The van der Waals surface area contributed by atoms with Crippen molar-refractivity contribution in [2.45, 2.75) is 11.3 Å². The van der Waals surface area contributed by atoms with E-state index in [1.54, 1.807) is 6.26 Å². The first-order valence-electron chi connectivity index (χ1n) is 3.63. The number of hydrogen-bond acceptors (Lipinski definition) is 1. The zero-order valence-corrected chi connectivity index (χ0v) is 9.62. The number of benzene rings is 1. The Balaban J connectivity index is 3.45. The maximum atomic E-state index is 12.6. The van der Waals surface area contributed by atoms with Crippen LogP contribution in [0.5, 0.6) is 0 Å². The highest BCUT2D eigenvalue weighted by molar-refractivity contribution is 9.10. The minimum Gasteiger partial charge on any atom is -0.237 e. The van der Waals surface area contributed by atoms with Gasteiger partial charge in [-0.3, -0.25) is 0 Å². The van der Waals surface area contributed by atoms with Crippen molar-refractivity contribution in [1.29, 1.82) is 0 Å². The molecular formula is C9H6BrF2NS. The third kappa shape index (κ3) is 2.07. The van der Waals surface area contributed by atoms with Gasteiger partial charge in [0.15, 0.2) is 0 Å². The lowest BCUT2D eigenvalue weighted by atomic mass is 10.2. The van der Waals surface area contributed by atoms with Crippen molar-refractivity contribution in [1.82, 2.24) is 0 Å². The molecule has 14 heavy (non-hydrogen) atoms. The Labute approximate surface area is 93.5 Å². The van der Waals surface area contributed by atoms with Crippen LogP contribution in [0.2, 0.25) is 0 Å². The molecule has 0 atom stereocenters. The van der Waals surface area contributed by atoms with E-state index in [0.717, 1.165) is 0 Å². The van der Waals surface area contributed by atoms with Crippen LogP contribution in [0.3, 0.4) is 0 Å². The molecule has 0 fully saturated rings. The molecule has 1 nitrogen and oxygen atoms in total. The van der Waals surface area contributed by atoms with E-state index in [0.29, 0.717) is 9.37 Å². The van der Waals surface area contributed by atoms with Crippen LogP contribution in [0, 0.1) is 6.57 Å². The number of halogens is 3. The number of alkyl halides is 2. The Morgan fingerprint density at radius 2 is 2.14 bits per heavy atom. The van der Waals surface area contributed by atoms with Crippen molar-refractivity contribution in [2.24, 2.45) is 0 Å². The van der Waals surface area contributed by atoms with E-state index in [1.165, 1.54) is 23.9 Å². The first-order chi connectivity index (χ1) is 6.61. The zero-order chi connectivity index (χ0) is 10.7. The molecular weight excluding hydrogens is 272 g/mol. The molecule has 5 heteroatoms. The van der Waals surface area contributed by atoms with Gasteiger partial charge < -0.3 is 0 Å². The van der Waals surface area contributed by atoms with Crippen LogP contribution in [-0.4, -0.2) is 6.26 Å². The summed E-state index contributed by atoms with van der Waals surface area (Å²) in [7, 11) is 0. The van der Waals surface area contributed by atoms with Crippen LogP contribution in [0.25, 0.3) is 4.85 Å². The molecule has 0 unspecified atom stereocenters. The fourth-order valence-corrected chi connectivity index (χ4v) is 2.45. The standard InChI is InChI=1S/C9H6BrF2NS/c1-13-6-4-3-5(10)7(9(11)12)8(6)14-2/h3-4,9H,2H3. The van der Waals surface area contributed by atoms with E-state index < -0.39 is 6.43 Å². The number of nitrogens with zero attached hydrogens (tertiary/aromatic N) is 1. The van der Waals surface area contributed by atoms with Crippen LogP contribution < -0.4 is 0 Å². The van der Waals surface area contributed by atoms with Gasteiger partial charge in [-0.1, -0.05) is 28.1 Å². The average Bonchev–Trinajstić information content (AvgIpc) is 2.16. The summed E-state index contributed by atoms with van der Waals surface area (Å²) in [5.41, 5.74) is 0.182. The van der Waals surface area contributed by atoms with Crippen LogP contribution in [-0.2, 0) is 0 Å². The quantitative estimate of drug-likeness (QED) is 0.562. The highest BCUT2D eigenvalue weighted by Crippen LogP contribution is 2.40. The van der Waals surface area contributed by atoms with Crippen LogP contribution in [0.15, 0.2) is 21.5 Å². The van der Waals surface area contributed by atoms with Crippen LogP contribution >= 0.6 is 27.7 Å². The zero-order valence-electron chi connectivity index (χ0n) is 7.22. The molecule has 0 amide bonds. The number of thioether (sulfide) groups is 1. The van der Waals surface area contributed by atoms with Crippen LogP contribution in [0.1, 0.15) is 12.0 Å². The van der Waals surface area contributed by atoms with Gasteiger partial charge in [0.2, 0.25) is 5.69 Å². The summed E-state index contributed by atoms with van der Waals surface area (Å²) in [6, 6.07) is 3.02. The molecule has 0 spiro atoms. The Kier molecular flexibility index (Phi) is 3.90. The minimum absolute atomic E-state index is 0.0917. The second kappa shape index (κ2) is 4.76. The van der Waals surface area contributed by atoms with Gasteiger partial charge in [0.25, 0.3) is 6.43 Å². The largest absolute Gasteiger partial charge is 0.264 e. The fourth-order valence-electron chi connectivity index (χ4n) is 1.07. The number of hydrogen-bond donors (Lipinski definition) is 0. The molecule has 0 N–H and O–H groups in total. The molecule has 0 radical (unpaired) electrons. The predicted octanol–water partition coefficient (Wildman–Crippen LogP) is 4.66. The van der Waals surface area contributed by atoms with Crippen molar-refractivity contribution in [3.8, 4) is 0 Å². The second-order valence-electron chi connectivity index (χ2n) is 2.43. The SMILES string of the molecule is [C-]#[N+]c1ccc(Br)c(C(F)F)c1SC. The van der Waals surface area contributed by atoms with Crippen molar-refractivity contribution in [3.63, 3.8) is 0 Å². The normalized spacial score (nSPS) is 10.3. The van der Waals surface area contributed by atoms with Gasteiger partial charge in [0.1, 0.15) is 0 Å². The van der Waals surface area contributed by atoms with Crippen molar-refractivity contribution in [3.05, 3.63) is 33.6 Å². The molecule has 0 bridgehead atoms. The lowest BCUT2D eigenvalue weighted by molar-refractivity contribution is 0.147. The van der Waals surface area contributed by atoms with E-state index in [-0.39, 0.29) is 11.3 Å². The van der Waals surface area contributed by atoms with Gasteiger partial charge in [-0.15, -0.1) is 11.8 Å². The Hall–Kier alpha value is -0.600. The molecule has 0 aromatic heterocycles. The van der Waals surface area contributed by atoms with E-state index in [1.807, 2.05) is 0 Å². The van der Waals surface area contributed by atoms with Gasteiger partial charge in [-0.2, -0.15) is 0 Å². The van der Waals surface area contributed by atoms with Crippen LogP contribution in [0.4, 0.5) is 14.5 Å². The Morgan fingerprint density at radius 1 is 1.50 bits per heavy atom. The third-order valence-corrected chi connectivity index (χ3v) is 3.19. The van der Waals surface area contributed by atoms with Gasteiger partial charge in [-0.05, 0) is 6.26 Å². The van der Waals surface area contributed by atoms with Gasteiger partial charge in [0.05, 0.1) is 6.57 Å². The van der Waals surface area contributed by atoms with E-state index in [4.69, 9.17) is 6.57 Å². The minimum atomic E-state index is -2.56. The molecule has 0 saturated heterocycles. The highest BCUT2D eigenvalue weighted by Gasteiger charge is 2.19. The summed E-state index contributed by atoms with van der Waals surface area (Å²) < 4.78 is 25.6. The molecule has 0 aliphatic carbocycles. The lowest BCUT2D eigenvalue weighted by Gasteiger charge is -2.10. The maximum Gasteiger partial charge on any atom is 0.264 e. The summed E-state index contributed by atoms with van der Waals surface area (Å²) in [5, 5.41) is 0. The monoisotopic (exact) mass is 277 g/mol. The first kappa shape index (κ1) is 11.5. The average molecular weight is 278 g/mol. The summed E-state index contributed by atoms with van der Waals surface area (Å²) in [4.78, 5) is 3.55. The van der Waals surface area contributed by atoms with E-state index >= 15 is 0 Å². The molecule has 0 saturated carbocycles. The highest BCUT2D eigenvalue weighted by atomic mass is 79.9. The summed E-state index contributed by atoms with van der Waals surface area (Å²) in [5.74, 6) is 0. The first-order valence-corrected chi connectivity index (χ1v) is 5.65. The summed E-state index contributed by atoms with van der Waals surface area (Å²) in [6.45, 7) is 6.85. The summed E-state index contributed by atoms with van der Waals surface area (Å²) >= 11 is 4.22. The Morgan fingerprint density at radius 3 is 2.57 bits per heavy atom. The predicted molar refractivity (Wildman–Crippen MR) is 57.1 cm³/mol. The molecule has 1 aromatic rings. The lowest BCUT2D eigenvalue weighted by Crippen LogP contribution is -1.90. The third-order valence-electron chi connectivity index (χ3n) is 1.66. The van der Waals surface area contributed by atoms with Crippen molar-refractivity contribution in [2.75, 3.05) is 6.26 Å². The summed E-state index contributed by atoms with van der Waals surface area (Å²) in [6.07, 6.45) is -0.879. The molecule has 1 rings (SSSR count). The van der Waals surface area contributed by atoms with Crippen molar-refractivity contribution >= 4 is 33.4 Å². The molecule has 0 aliphatic heterocycles. The van der Waals surface area contributed by atoms with E-state index in [9.17, 15) is 8.78 Å². The smallest absolute Gasteiger partial charge is 0.237 e. The molecule has 0 aliphatic rings. The second-order valence-corrected chi connectivity index (χ2v) is 4.10. The Bertz CT molecular complexity index is 387. The molecule has 0 heterocycles. The molecule has 1 aromatic carbocycles. The topological polar surface area (TPSA) is 4.36 Å². The number of rotatable bonds is 2. The fraction of sp³-hybridized carbons (Fsp3) is 0.222. The molecule has 74 valence electrons. The van der Waals surface area contributed by atoms with Gasteiger partial charge >= 0.3 is 0 Å². The maximum absolute atomic E-state index is 12.6. The van der Waals surface area contributed by atoms with Gasteiger partial charge in [0, 0.05) is 14.9 Å². The van der Waals surface area contributed by atoms with Gasteiger partial charge in [-0.25, -0.2) is 13.6 Å².